The van der Waals surface area contributed by atoms with Crippen molar-refractivity contribution in [3.8, 4) is 5.75 Å². The zero-order chi connectivity index (χ0) is 25.4. The minimum Gasteiger partial charge on any atom is -0.485 e. The van der Waals surface area contributed by atoms with Gasteiger partial charge in [-0.1, -0.05) is 12.1 Å². The standard InChI is InChI=1S/C30H31NO6.H2/c32-22-7-8-26(27(33)16-22)31-17-25-24(30(31)34)2-1-3-29(25)36-18-23-15-21-14-20(6-9-28(21)37-23)5-4-19-10-12-35-13-11-19;/h1-3,6,9,14-15,19,26H,4-5,7-8,10-13,16-18H2;1H. The largest absolute Gasteiger partial charge is 0.485 e. The molecule has 0 bridgehead atoms. The highest BCUT2D eigenvalue weighted by Crippen LogP contribution is 2.35. The van der Waals surface area contributed by atoms with Crippen molar-refractivity contribution in [3.05, 3.63) is 64.9 Å². The number of benzene rings is 2. The van der Waals surface area contributed by atoms with E-state index in [1.807, 2.05) is 18.2 Å². The molecule has 7 heteroatoms. The SMILES string of the molecule is O=C1CCC(N2Cc3c(OCc4cc5cc(CCC6CCOCC6)ccc5o4)cccc3C2=O)C(=O)C1.[HH]. The van der Waals surface area contributed by atoms with Crippen LogP contribution in [0.25, 0.3) is 11.0 Å². The summed E-state index contributed by atoms with van der Waals surface area (Å²) in [5.74, 6) is 1.68. The van der Waals surface area contributed by atoms with Crippen LogP contribution >= 0.6 is 0 Å². The fraction of sp³-hybridized carbons (Fsp3) is 0.433. The minimum atomic E-state index is -0.540. The first kappa shape index (κ1) is 23.9. The van der Waals surface area contributed by atoms with E-state index < -0.39 is 6.04 Å². The number of hydrogen-bond acceptors (Lipinski definition) is 6. The molecule has 2 aliphatic heterocycles. The number of aryl methyl sites for hydroxylation is 1. The number of hydrogen-bond donors (Lipinski definition) is 0. The number of furan rings is 1. The smallest absolute Gasteiger partial charge is 0.255 e. The molecule has 37 heavy (non-hydrogen) atoms. The maximum atomic E-state index is 13.1. The third kappa shape index (κ3) is 4.92. The van der Waals surface area contributed by atoms with Crippen molar-refractivity contribution in [2.45, 2.75) is 64.1 Å². The molecule has 194 valence electrons. The predicted octanol–water partition coefficient (Wildman–Crippen LogP) is 5.26. The van der Waals surface area contributed by atoms with Gasteiger partial charge in [0.25, 0.3) is 5.91 Å². The van der Waals surface area contributed by atoms with E-state index in [9.17, 15) is 14.4 Å². The topological polar surface area (TPSA) is 86.1 Å². The van der Waals surface area contributed by atoms with Crippen LogP contribution < -0.4 is 4.74 Å². The van der Waals surface area contributed by atoms with E-state index in [1.54, 1.807) is 17.0 Å². The van der Waals surface area contributed by atoms with Crippen LogP contribution in [-0.4, -0.2) is 41.6 Å². The summed E-state index contributed by atoms with van der Waals surface area (Å²) in [6.07, 6.45) is 5.18. The molecule has 1 amide bonds. The lowest BCUT2D eigenvalue weighted by molar-refractivity contribution is -0.133. The molecule has 3 aliphatic rings. The van der Waals surface area contributed by atoms with Crippen LogP contribution in [0.3, 0.4) is 0 Å². The predicted molar refractivity (Wildman–Crippen MR) is 138 cm³/mol. The molecule has 1 saturated heterocycles. The number of ether oxygens (including phenoxy) is 2. The maximum Gasteiger partial charge on any atom is 0.255 e. The van der Waals surface area contributed by atoms with Crippen molar-refractivity contribution in [2.75, 3.05) is 13.2 Å². The van der Waals surface area contributed by atoms with Gasteiger partial charge in [-0.2, -0.15) is 0 Å². The van der Waals surface area contributed by atoms with Crippen molar-refractivity contribution in [1.29, 1.82) is 0 Å². The molecule has 7 nitrogen and oxygen atoms in total. The normalized spacial score (nSPS) is 20.6. The van der Waals surface area contributed by atoms with Gasteiger partial charge < -0.3 is 18.8 Å². The summed E-state index contributed by atoms with van der Waals surface area (Å²) in [6.45, 7) is 2.32. The Labute approximate surface area is 217 Å². The first-order valence-electron chi connectivity index (χ1n) is 13.2. The Bertz CT molecular complexity index is 1360. The molecule has 1 aromatic heterocycles. The van der Waals surface area contributed by atoms with Crippen LogP contribution in [0, 0.1) is 5.92 Å². The van der Waals surface area contributed by atoms with Crippen LogP contribution in [-0.2, 0) is 33.9 Å². The number of carbonyl (C=O) groups excluding carboxylic acids is 3. The summed E-state index contributed by atoms with van der Waals surface area (Å²) in [5, 5.41) is 1.06. The highest BCUT2D eigenvalue weighted by atomic mass is 16.5. The van der Waals surface area contributed by atoms with Gasteiger partial charge in [-0.3, -0.25) is 14.4 Å². The second-order valence-electron chi connectivity index (χ2n) is 10.4. The van der Waals surface area contributed by atoms with Gasteiger partial charge >= 0.3 is 0 Å². The molecule has 1 saturated carbocycles. The average Bonchev–Trinajstić information content (AvgIpc) is 3.47. The number of nitrogens with zero attached hydrogens (tertiary/aromatic N) is 1. The molecule has 1 atom stereocenters. The van der Waals surface area contributed by atoms with Gasteiger partial charge in [-0.25, -0.2) is 0 Å². The lowest BCUT2D eigenvalue weighted by Crippen LogP contribution is -2.44. The Hall–Kier alpha value is -3.45. The molecule has 6 rings (SSSR count). The zero-order valence-electron chi connectivity index (χ0n) is 20.9. The van der Waals surface area contributed by atoms with Crippen LogP contribution in [0.15, 0.2) is 46.9 Å². The average molecular weight is 504 g/mol. The molecule has 0 radical (unpaired) electrons. The number of rotatable bonds is 7. The van der Waals surface area contributed by atoms with Gasteiger partial charge in [0.1, 0.15) is 29.5 Å². The van der Waals surface area contributed by atoms with Gasteiger partial charge in [-0.05, 0) is 73.9 Å². The van der Waals surface area contributed by atoms with Crippen molar-refractivity contribution in [2.24, 2.45) is 5.92 Å². The van der Waals surface area contributed by atoms with Crippen molar-refractivity contribution in [1.82, 2.24) is 4.90 Å². The first-order valence-corrected chi connectivity index (χ1v) is 13.2. The fourth-order valence-corrected chi connectivity index (χ4v) is 5.83. The second-order valence-corrected chi connectivity index (χ2v) is 10.4. The fourth-order valence-electron chi connectivity index (χ4n) is 5.83. The van der Waals surface area contributed by atoms with Crippen LogP contribution in [0.4, 0.5) is 0 Å². The maximum absolute atomic E-state index is 13.1. The molecule has 3 aromatic rings. The molecular formula is C30H33NO6. The molecule has 1 aliphatic carbocycles. The van der Waals surface area contributed by atoms with Gasteiger partial charge in [0.05, 0.1) is 19.0 Å². The van der Waals surface area contributed by atoms with E-state index in [1.165, 1.54) is 12.0 Å². The second kappa shape index (κ2) is 10.1. The molecule has 0 spiro atoms. The molecule has 2 aromatic carbocycles. The first-order chi connectivity index (χ1) is 18.0. The zero-order valence-corrected chi connectivity index (χ0v) is 20.9. The van der Waals surface area contributed by atoms with Crippen LogP contribution in [0.2, 0.25) is 0 Å². The Balaban J connectivity index is 0.00000294. The number of amides is 1. The number of fused-ring (bicyclic) bond motifs is 2. The highest BCUT2D eigenvalue weighted by molar-refractivity contribution is 6.07. The van der Waals surface area contributed by atoms with Gasteiger partial charge in [0.2, 0.25) is 0 Å². The van der Waals surface area contributed by atoms with E-state index in [0.717, 1.165) is 60.7 Å². The number of Topliss-reactive ketones (excluding diaryl/α,β-unsaturated/α-hetero) is 2. The van der Waals surface area contributed by atoms with Crippen LogP contribution in [0.1, 0.15) is 67.2 Å². The Morgan fingerprint density at radius 2 is 1.89 bits per heavy atom. The van der Waals surface area contributed by atoms with E-state index in [4.69, 9.17) is 13.9 Å². The summed E-state index contributed by atoms with van der Waals surface area (Å²) < 4.78 is 17.6. The summed E-state index contributed by atoms with van der Waals surface area (Å²) in [4.78, 5) is 38.7. The third-order valence-electron chi connectivity index (χ3n) is 7.95. The Morgan fingerprint density at radius 3 is 2.73 bits per heavy atom. The van der Waals surface area contributed by atoms with E-state index in [2.05, 4.69) is 12.1 Å². The van der Waals surface area contributed by atoms with Crippen LogP contribution in [0.5, 0.6) is 5.75 Å². The van der Waals surface area contributed by atoms with E-state index in [-0.39, 0.29) is 31.9 Å². The monoisotopic (exact) mass is 503 g/mol. The molecule has 3 heterocycles. The van der Waals surface area contributed by atoms with Crippen molar-refractivity contribution < 1.29 is 29.7 Å². The lowest BCUT2D eigenvalue weighted by atomic mass is 9.92. The summed E-state index contributed by atoms with van der Waals surface area (Å²) in [6, 6.07) is 13.3. The van der Waals surface area contributed by atoms with Crippen molar-refractivity contribution >= 4 is 28.4 Å². The van der Waals surface area contributed by atoms with E-state index >= 15 is 0 Å². The van der Waals surface area contributed by atoms with Crippen molar-refractivity contribution in [3.63, 3.8) is 0 Å². The molecule has 2 fully saturated rings. The van der Waals surface area contributed by atoms with Gasteiger partial charge in [0.15, 0.2) is 5.78 Å². The third-order valence-corrected chi connectivity index (χ3v) is 7.95. The molecular weight excluding hydrogens is 470 g/mol. The lowest BCUT2D eigenvalue weighted by Gasteiger charge is -2.29. The number of carbonyl (C=O) groups is 3. The summed E-state index contributed by atoms with van der Waals surface area (Å²) >= 11 is 0. The van der Waals surface area contributed by atoms with Gasteiger partial charge in [-0.15, -0.1) is 0 Å². The molecule has 0 N–H and O–H groups in total. The molecule has 1 unspecified atom stereocenters. The summed E-state index contributed by atoms with van der Waals surface area (Å²) in [7, 11) is 0. The van der Waals surface area contributed by atoms with Gasteiger partial charge in [0, 0.05) is 37.6 Å². The highest BCUT2D eigenvalue weighted by Gasteiger charge is 2.40. The quantitative estimate of drug-likeness (QED) is 0.409. The Kier molecular flexibility index (Phi) is 6.55. The number of ketones is 2. The van der Waals surface area contributed by atoms with E-state index in [0.29, 0.717) is 30.7 Å². The minimum absolute atomic E-state index is 0. The summed E-state index contributed by atoms with van der Waals surface area (Å²) in [5.41, 5.74) is 3.48. The Morgan fingerprint density at radius 1 is 1.03 bits per heavy atom.